The summed E-state index contributed by atoms with van der Waals surface area (Å²) in [5, 5.41) is 8.13. The minimum Gasteiger partial charge on any atom is -0.444 e. The van der Waals surface area contributed by atoms with E-state index in [2.05, 4.69) is 15.3 Å². The van der Waals surface area contributed by atoms with Gasteiger partial charge in [-0.1, -0.05) is 14.9 Å². The normalized spacial score (nSPS) is 18.4. The summed E-state index contributed by atoms with van der Waals surface area (Å²) < 4.78 is 35.2. The number of carbonyl (C=O) groups excluding carboxylic acids is 2. The van der Waals surface area contributed by atoms with Crippen molar-refractivity contribution in [2.45, 2.75) is 105 Å². The van der Waals surface area contributed by atoms with E-state index in [1.807, 2.05) is 59.4 Å². The molecule has 2 atom stereocenters. The molecule has 0 unspecified atom stereocenters. The standard InChI is InChI=1S/C14H23N3O4S2.C13H21N3O2S.2CH4/c1-14(2,3)21-13(18)17-8-6-7-11(17)10-9-22-12(15-10)16(4)23(5,19)20;1-13(2,3)18-12(17)16-7-5-6-10(16)9-8-19-11(14-4)15-9;;/h9,11H,6-8H2,1-5H3;8,10H,5-7H2,1-4H3,(H,14,15);2*1H4/t11-;10-;;/m11../s1. The molecule has 2 fully saturated rings. The van der Waals surface area contributed by atoms with E-state index < -0.39 is 21.2 Å². The predicted molar refractivity (Wildman–Crippen MR) is 180 cm³/mol. The zero-order valence-corrected chi connectivity index (χ0v) is 28.4. The topological polar surface area (TPSA) is 134 Å². The maximum atomic E-state index is 12.3. The fourth-order valence-electron chi connectivity index (χ4n) is 4.50. The molecule has 0 bridgehead atoms. The molecule has 2 amide bonds. The van der Waals surface area contributed by atoms with Crippen LogP contribution in [0, 0.1) is 0 Å². The summed E-state index contributed by atoms with van der Waals surface area (Å²) >= 11 is 2.82. The van der Waals surface area contributed by atoms with Crippen molar-refractivity contribution in [1.29, 1.82) is 0 Å². The van der Waals surface area contributed by atoms with E-state index in [1.54, 1.807) is 21.1 Å². The number of rotatable bonds is 5. The fraction of sp³-hybridized carbons (Fsp3) is 0.724. The Morgan fingerprint density at radius 2 is 1.32 bits per heavy atom. The minimum absolute atomic E-state index is 0. The quantitative estimate of drug-likeness (QED) is 0.351. The third kappa shape index (κ3) is 10.8. The number of ether oxygens (including phenoxy) is 2. The molecule has 0 aromatic carbocycles. The van der Waals surface area contributed by atoms with E-state index in [1.165, 1.54) is 18.4 Å². The molecule has 44 heavy (non-hydrogen) atoms. The highest BCUT2D eigenvalue weighted by atomic mass is 32.2. The van der Waals surface area contributed by atoms with Gasteiger partial charge in [0.1, 0.15) is 11.2 Å². The number of nitrogens with one attached hydrogen (secondary N) is 1. The number of likely N-dealkylation sites (tertiary alicyclic amines) is 2. The molecule has 2 aromatic heterocycles. The number of aromatic nitrogens is 2. The lowest BCUT2D eigenvalue weighted by Crippen LogP contribution is -2.36. The fourth-order valence-corrected chi connectivity index (χ4v) is 6.82. The van der Waals surface area contributed by atoms with E-state index in [0.29, 0.717) is 17.4 Å². The van der Waals surface area contributed by atoms with E-state index >= 15 is 0 Å². The third-order valence-corrected chi connectivity index (χ3v) is 9.55. The SMILES string of the molecule is C.C.CN(c1nc([C@H]2CCCN2C(=O)OC(C)(C)C)cs1)S(C)(=O)=O.CNc1nc([C@H]2CCCN2C(=O)OC(C)(C)C)cs1. The summed E-state index contributed by atoms with van der Waals surface area (Å²) in [6.45, 7) is 12.5. The van der Waals surface area contributed by atoms with Crippen molar-refractivity contribution in [3.8, 4) is 0 Å². The zero-order chi connectivity index (χ0) is 31.5. The first-order valence-corrected chi connectivity index (χ1v) is 17.5. The molecule has 2 aliphatic rings. The summed E-state index contributed by atoms with van der Waals surface area (Å²) in [6, 6.07) is -0.115. The molecule has 0 aliphatic carbocycles. The first-order valence-electron chi connectivity index (χ1n) is 13.9. The highest BCUT2D eigenvalue weighted by Crippen LogP contribution is 2.36. The van der Waals surface area contributed by atoms with Crippen LogP contribution in [-0.4, -0.2) is 85.0 Å². The van der Waals surface area contributed by atoms with Gasteiger partial charge in [0.25, 0.3) is 0 Å². The average molecular weight is 677 g/mol. The summed E-state index contributed by atoms with van der Waals surface area (Å²) in [7, 11) is -0.0234. The number of hydrogen-bond donors (Lipinski definition) is 1. The van der Waals surface area contributed by atoms with E-state index in [0.717, 1.165) is 53.6 Å². The molecule has 15 heteroatoms. The highest BCUT2D eigenvalue weighted by molar-refractivity contribution is 7.92. The van der Waals surface area contributed by atoms with Crippen molar-refractivity contribution < 1.29 is 27.5 Å². The zero-order valence-electron chi connectivity index (χ0n) is 26.0. The lowest BCUT2D eigenvalue weighted by molar-refractivity contribution is 0.0211. The molecule has 252 valence electrons. The lowest BCUT2D eigenvalue weighted by atomic mass is 10.2. The van der Waals surface area contributed by atoms with Crippen molar-refractivity contribution in [3.63, 3.8) is 0 Å². The Kier molecular flexibility index (Phi) is 13.9. The molecule has 2 saturated heterocycles. The Labute approximate surface area is 272 Å². The molecule has 0 spiro atoms. The van der Waals surface area contributed by atoms with Gasteiger partial charge in [0.15, 0.2) is 10.3 Å². The second kappa shape index (κ2) is 15.6. The molecule has 0 radical (unpaired) electrons. The molecule has 4 heterocycles. The number of thiazole rings is 2. The summed E-state index contributed by atoms with van der Waals surface area (Å²) in [6.07, 6.45) is 4.16. The Morgan fingerprint density at radius 3 is 1.70 bits per heavy atom. The number of hydrogen-bond acceptors (Lipinski definition) is 11. The average Bonchev–Trinajstić information content (AvgIpc) is 3.65. The van der Waals surface area contributed by atoms with E-state index in [9.17, 15) is 18.0 Å². The smallest absolute Gasteiger partial charge is 0.410 e. The van der Waals surface area contributed by atoms with Gasteiger partial charge in [0.2, 0.25) is 10.0 Å². The molecule has 12 nitrogen and oxygen atoms in total. The van der Waals surface area contributed by atoms with Crippen LogP contribution in [0.1, 0.15) is 106 Å². The van der Waals surface area contributed by atoms with E-state index in [-0.39, 0.29) is 39.1 Å². The largest absolute Gasteiger partial charge is 0.444 e. The highest BCUT2D eigenvalue weighted by Gasteiger charge is 2.36. The van der Waals surface area contributed by atoms with Crippen LogP contribution in [0.4, 0.5) is 19.9 Å². The van der Waals surface area contributed by atoms with Crippen molar-refractivity contribution in [1.82, 2.24) is 19.8 Å². The molecule has 2 aliphatic heterocycles. The number of nitrogens with zero attached hydrogens (tertiary/aromatic N) is 5. The molecule has 0 saturated carbocycles. The Hall–Kier alpha value is -2.65. The van der Waals surface area contributed by atoms with Gasteiger partial charge >= 0.3 is 12.2 Å². The van der Waals surface area contributed by atoms with Crippen LogP contribution >= 0.6 is 22.7 Å². The van der Waals surface area contributed by atoms with Gasteiger partial charge in [-0.3, -0.25) is 9.80 Å². The van der Waals surface area contributed by atoms with Gasteiger partial charge in [-0.2, -0.15) is 0 Å². The van der Waals surface area contributed by atoms with Crippen LogP contribution < -0.4 is 9.62 Å². The predicted octanol–water partition coefficient (Wildman–Crippen LogP) is 7.14. The van der Waals surface area contributed by atoms with Gasteiger partial charge in [0, 0.05) is 37.9 Å². The maximum Gasteiger partial charge on any atom is 0.410 e. The Bertz CT molecular complexity index is 1330. The molecular weight excluding hydrogens is 625 g/mol. The first-order chi connectivity index (χ1) is 19.4. The van der Waals surface area contributed by atoms with Gasteiger partial charge in [-0.15, -0.1) is 22.7 Å². The number of sulfonamides is 1. The monoisotopic (exact) mass is 676 g/mol. The lowest BCUT2D eigenvalue weighted by Gasteiger charge is -2.27. The van der Waals surface area contributed by atoms with Gasteiger partial charge in [0.05, 0.1) is 29.7 Å². The second-order valence-electron chi connectivity index (χ2n) is 12.3. The van der Waals surface area contributed by atoms with Crippen molar-refractivity contribution in [2.24, 2.45) is 0 Å². The summed E-state index contributed by atoms with van der Waals surface area (Å²) in [5.41, 5.74) is 0.665. The van der Waals surface area contributed by atoms with Crippen LogP contribution in [0.2, 0.25) is 0 Å². The number of anilines is 2. The van der Waals surface area contributed by atoms with Crippen LogP contribution in [0.25, 0.3) is 0 Å². The summed E-state index contributed by atoms with van der Waals surface area (Å²) in [5.74, 6) is 0. The van der Waals surface area contributed by atoms with Crippen LogP contribution in [0.5, 0.6) is 0 Å². The van der Waals surface area contributed by atoms with Gasteiger partial charge in [-0.05, 0) is 67.2 Å². The van der Waals surface area contributed by atoms with Gasteiger partial charge < -0.3 is 14.8 Å². The van der Waals surface area contributed by atoms with Crippen LogP contribution in [-0.2, 0) is 19.5 Å². The van der Waals surface area contributed by atoms with Crippen molar-refractivity contribution in [3.05, 3.63) is 22.1 Å². The molecule has 4 rings (SSSR count). The number of amides is 2. The Balaban J connectivity index is 0.000000427. The van der Waals surface area contributed by atoms with Crippen LogP contribution in [0.3, 0.4) is 0 Å². The molecule has 2 aromatic rings. The van der Waals surface area contributed by atoms with Crippen molar-refractivity contribution >= 4 is 55.1 Å². The summed E-state index contributed by atoms with van der Waals surface area (Å²) in [4.78, 5) is 36.9. The third-order valence-electron chi connectivity index (χ3n) is 6.46. The van der Waals surface area contributed by atoms with Gasteiger partial charge in [-0.25, -0.2) is 32.3 Å². The number of carbonyl (C=O) groups is 2. The maximum absolute atomic E-state index is 12.3. The minimum atomic E-state index is -3.34. The van der Waals surface area contributed by atoms with Crippen LogP contribution in [0.15, 0.2) is 10.8 Å². The van der Waals surface area contributed by atoms with E-state index in [4.69, 9.17) is 9.47 Å². The molecule has 1 N–H and O–H groups in total. The van der Waals surface area contributed by atoms with Crippen molar-refractivity contribution in [2.75, 3.05) is 43.1 Å². The Morgan fingerprint density at radius 1 is 0.886 bits per heavy atom. The first kappa shape index (κ1) is 39.4. The molecular formula is C29H52N6O6S3. The second-order valence-corrected chi connectivity index (χ2v) is 16.0.